The molecule has 0 N–H and O–H groups in total. The fourth-order valence-corrected chi connectivity index (χ4v) is 3.44. The second kappa shape index (κ2) is 7.97. The van der Waals surface area contributed by atoms with Gasteiger partial charge >= 0.3 is 0 Å². The van der Waals surface area contributed by atoms with Gasteiger partial charge in [0.25, 0.3) is 0 Å². The largest absolute Gasteiger partial charge is 0.438 e. The third-order valence-corrected chi connectivity index (χ3v) is 5.10. The zero-order valence-electron chi connectivity index (χ0n) is 16.0. The van der Waals surface area contributed by atoms with Crippen molar-refractivity contribution in [3.63, 3.8) is 0 Å². The summed E-state index contributed by atoms with van der Waals surface area (Å²) in [4.78, 5) is 9.40. The van der Waals surface area contributed by atoms with E-state index in [2.05, 4.69) is 12.1 Å². The van der Waals surface area contributed by atoms with Crippen LogP contribution in [0.1, 0.15) is 0 Å². The Balaban J connectivity index is 1.52. The molecule has 0 saturated heterocycles. The minimum absolute atomic E-state index is 0.526. The first-order valence-electron chi connectivity index (χ1n) is 9.62. The second-order valence-corrected chi connectivity index (χ2v) is 7.31. The Bertz CT molecular complexity index is 1300. The molecule has 4 heteroatoms. The van der Waals surface area contributed by atoms with E-state index < -0.39 is 0 Å². The predicted molar refractivity (Wildman–Crippen MR) is 122 cm³/mol. The number of hydrogen-bond donors (Lipinski definition) is 0. The van der Waals surface area contributed by atoms with Crippen LogP contribution in [0.25, 0.3) is 33.4 Å². The van der Waals surface area contributed by atoms with E-state index in [4.69, 9.17) is 26.3 Å². The summed E-state index contributed by atoms with van der Waals surface area (Å²) < 4.78 is 6.19. The quantitative estimate of drug-likeness (QED) is 0.310. The third-order valence-electron chi connectivity index (χ3n) is 4.85. The lowest BCUT2D eigenvalue weighted by molar-refractivity contribution is 0.469. The Morgan fingerprint density at radius 3 is 1.97 bits per heavy atom. The normalized spacial score (nSPS) is 10.8. The maximum Gasteiger partial charge on any atom is 0.230 e. The van der Waals surface area contributed by atoms with E-state index in [1.807, 2.05) is 91.0 Å². The lowest BCUT2D eigenvalue weighted by atomic mass is 10.1. The van der Waals surface area contributed by atoms with E-state index in [1.165, 1.54) is 5.56 Å². The number of nitrogens with zero attached hydrogens (tertiary/aromatic N) is 2. The summed E-state index contributed by atoms with van der Waals surface area (Å²) in [6, 6.07) is 33.6. The predicted octanol–water partition coefficient (Wildman–Crippen LogP) is 7.41. The number of hydrogen-bond acceptors (Lipinski definition) is 3. The van der Waals surface area contributed by atoms with Crippen molar-refractivity contribution < 1.29 is 4.74 Å². The lowest BCUT2D eigenvalue weighted by Gasteiger charge is -2.11. The summed E-state index contributed by atoms with van der Waals surface area (Å²) >= 11 is 6.02. The Morgan fingerprint density at radius 2 is 1.20 bits per heavy atom. The van der Waals surface area contributed by atoms with E-state index in [0.29, 0.717) is 16.7 Å². The van der Waals surface area contributed by atoms with Gasteiger partial charge in [-0.2, -0.15) is 4.98 Å². The van der Waals surface area contributed by atoms with Crippen molar-refractivity contribution in [2.75, 3.05) is 0 Å². The summed E-state index contributed by atoms with van der Waals surface area (Å²) in [5.41, 5.74) is 4.02. The summed E-state index contributed by atoms with van der Waals surface area (Å²) in [5, 5.41) is 1.54. The Hall–Kier alpha value is -3.69. The standard InChI is InChI=1S/C26H17ClN2O/c27-21-14-10-20(11-15-21)25-28-24-9-5-4-8-23(24)26(29-25)30-22-16-12-19(13-17-22)18-6-2-1-3-7-18/h1-17H. The highest BCUT2D eigenvalue weighted by molar-refractivity contribution is 6.30. The number of halogens is 1. The van der Waals surface area contributed by atoms with Crippen LogP contribution in [0.3, 0.4) is 0 Å². The van der Waals surface area contributed by atoms with Gasteiger partial charge in [0, 0.05) is 10.6 Å². The topological polar surface area (TPSA) is 35.0 Å². The molecule has 0 aliphatic carbocycles. The minimum atomic E-state index is 0.526. The molecule has 0 fully saturated rings. The fourth-order valence-electron chi connectivity index (χ4n) is 3.31. The lowest BCUT2D eigenvalue weighted by Crippen LogP contribution is -1.96. The van der Waals surface area contributed by atoms with E-state index >= 15 is 0 Å². The number of para-hydroxylation sites is 1. The van der Waals surface area contributed by atoms with Crippen LogP contribution >= 0.6 is 11.6 Å². The molecule has 0 aliphatic rings. The number of fused-ring (bicyclic) bond motifs is 1. The average Bonchev–Trinajstić information content (AvgIpc) is 2.80. The van der Waals surface area contributed by atoms with E-state index in [1.54, 1.807) is 0 Å². The number of rotatable bonds is 4. The summed E-state index contributed by atoms with van der Waals surface area (Å²) in [5.74, 6) is 1.85. The first-order valence-corrected chi connectivity index (χ1v) is 10.0. The van der Waals surface area contributed by atoms with Gasteiger partial charge in [0.15, 0.2) is 5.82 Å². The van der Waals surface area contributed by atoms with Gasteiger partial charge in [-0.3, -0.25) is 0 Å². The maximum absolute atomic E-state index is 6.19. The van der Waals surface area contributed by atoms with Crippen molar-refractivity contribution in [2.24, 2.45) is 0 Å². The van der Waals surface area contributed by atoms with Gasteiger partial charge in [0.2, 0.25) is 5.88 Å². The van der Waals surface area contributed by atoms with Crippen molar-refractivity contribution in [2.45, 2.75) is 0 Å². The summed E-state index contributed by atoms with van der Waals surface area (Å²) in [7, 11) is 0. The minimum Gasteiger partial charge on any atom is -0.438 e. The summed E-state index contributed by atoms with van der Waals surface area (Å²) in [6.07, 6.45) is 0. The van der Waals surface area contributed by atoms with Crippen molar-refractivity contribution in [3.8, 4) is 34.1 Å². The molecule has 0 saturated carbocycles. The molecule has 0 bridgehead atoms. The molecule has 30 heavy (non-hydrogen) atoms. The molecule has 1 aromatic heterocycles. The average molecular weight is 409 g/mol. The van der Waals surface area contributed by atoms with Crippen molar-refractivity contribution in [3.05, 3.63) is 108 Å². The molecular formula is C26H17ClN2O. The molecule has 0 atom stereocenters. The Morgan fingerprint density at radius 1 is 0.567 bits per heavy atom. The van der Waals surface area contributed by atoms with E-state index in [0.717, 1.165) is 27.8 Å². The van der Waals surface area contributed by atoms with Gasteiger partial charge < -0.3 is 4.74 Å². The van der Waals surface area contributed by atoms with Crippen LogP contribution in [-0.4, -0.2) is 9.97 Å². The van der Waals surface area contributed by atoms with Gasteiger partial charge in [-0.1, -0.05) is 66.2 Å². The Labute approximate surface area is 179 Å². The van der Waals surface area contributed by atoms with Crippen molar-refractivity contribution >= 4 is 22.5 Å². The first kappa shape index (κ1) is 18.3. The Kier molecular flexibility index (Phi) is 4.88. The molecule has 3 nitrogen and oxygen atoms in total. The highest BCUT2D eigenvalue weighted by Crippen LogP contribution is 2.31. The van der Waals surface area contributed by atoms with Crippen LogP contribution in [0, 0.1) is 0 Å². The van der Waals surface area contributed by atoms with Gasteiger partial charge in [-0.15, -0.1) is 0 Å². The highest BCUT2D eigenvalue weighted by Gasteiger charge is 2.11. The zero-order chi connectivity index (χ0) is 20.3. The second-order valence-electron chi connectivity index (χ2n) is 6.87. The molecule has 0 radical (unpaired) electrons. The number of benzene rings is 4. The van der Waals surface area contributed by atoms with Crippen molar-refractivity contribution in [1.29, 1.82) is 0 Å². The molecule has 0 amide bonds. The van der Waals surface area contributed by atoms with Crippen LogP contribution in [0.2, 0.25) is 5.02 Å². The monoisotopic (exact) mass is 408 g/mol. The van der Waals surface area contributed by atoms with Crippen LogP contribution in [0.4, 0.5) is 0 Å². The highest BCUT2D eigenvalue weighted by atomic mass is 35.5. The molecule has 0 aliphatic heterocycles. The van der Waals surface area contributed by atoms with Gasteiger partial charge in [0.1, 0.15) is 5.75 Å². The third kappa shape index (κ3) is 3.76. The van der Waals surface area contributed by atoms with Gasteiger partial charge in [-0.05, 0) is 59.7 Å². The van der Waals surface area contributed by atoms with E-state index in [-0.39, 0.29) is 0 Å². The van der Waals surface area contributed by atoms with E-state index in [9.17, 15) is 0 Å². The maximum atomic E-state index is 6.19. The fraction of sp³-hybridized carbons (Fsp3) is 0. The smallest absolute Gasteiger partial charge is 0.230 e. The van der Waals surface area contributed by atoms with Crippen LogP contribution in [-0.2, 0) is 0 Å². The molecular weight excluding hydrogens is 392 g/mol. The van der Waals surface area contributed by atoms with Gasteiger partial charge in [0.05, 0.1) is 10.9 Å². The molecule has 0 unspecified atom stereocenters. The number of ether oxygens (including phenoxy) is 1. The zero-order valence-corrected chi connectivity index (χ0v) is 16.8. The SMILES string of the molecule is Clc1ccc(-c2nc(Oc3ccc(-c4ccccc4)cc3)c3ccccc3n2)cc1. The van der Waals surface area contributed by atoms with Gasteiger partial charge in [-0.25, -0.2) is 4.98 Å². The molecule has 5 aromatic rings. The van der Waals surface area contributed by atoms with Crippen LogP contribution in [0.15, 0.2) is 103 Å². The first-order chi connectivity index (χ1) is 14.8. The molecule has 1 heterocycles. The molecule has 4 aromatic carbocycles. The molecule has 5 rings (SSSR count). The van der Waals surface area contributed by atoms with Crippen LogP contribution in [0.5, 0.6) is 11.6 Å². The molecule has 0 spiro atoms. The van der Waals surface area contributed by atoms with Crippen LogP contribution < -0.4 is 4.74 Å². The summed E-state index contributed by atoms with van der Waals surface area (Å²) in [6.45, 7) is 0. The molecule has 144 valence electrons. The number of aromatic nitrogens is 2. The van der Waals surface area contributed by atoms with Crippen molar-refractivity contribution in [1.82, 2.24) is 9.97 Å².